The summed E-state index contributed by atoms with van der Waals surface area (Å²) in [4.78, 5) is 39.4. The van der Waals surface area contributed by atoms with Crippen molar-refractivity contribution >= 4 is 28.9 Å². The zero-order chi connectivity index (χ0) is 22.3. The van der Waals surface area contributed by atoms with Gasteiger partial charge in [-0.25, -0.2) is 4.79 Å². The van der Waals surface area contributed by atoms with Crippen LogP contribution in [0.2, 0.25) is 0 Å². The van der Waals surface area contributed by atoms with Gasteiger partial charge in [0.25, 0.3) is 5.91 Å². The molecule has 1 aromatic heterocycles. The fourth-order valence-electron chi connectivity index (χ4n) is 4.82. The lowest BCUT2D eigenvalue weighted by molar-refractivity contribution is -0.158. The zero-order valence-electron chi connectivity index (χ0n) is 18.5. The highest BCUT2D eigenvalue weighted by molar-refractivity contribution is 6.08. The Morgan fingerprint density at radius 2 is 2.03 bits per heavy atom. The number of benzene rings is 1. The number of rotatable bonds is 5. The molecule has 7 heteroatoms. The van der Waals surface area contributed by atoms with Gasteiger partial charge in [-0.3, -0.25) is 14.5 Å². The fourth-order valence-corrected chi connectivity index (χ4v) is 4.82. The van der Waals surface area contributed by atoms with Crippen molar-refractivity contribution < 1.29 is 23.5 Å². The van der Waals surface area contributed by atoms with Crippen LogP contribution >= 0.6 is 0 Å². The number of amides is 3. The van der Waals surface area contributed by atoms with Crippen molar-refractivity contribution in [1.29, 1.82) is 0 Å². The molecule has 7 nitrogen and oxygen atoms in total. The van der Waals surface area contributed by atoms with Gasteiger partial charge in [0.1, 0.15) is 24.0 Å². The van der Waals surface area contributed by atoms with E-state index >= 15 is 0 Å². The quantitative estimate of drug-likeness (QED) is 0.572. The Bertz CT molecular complexity index is 979. The van der Waals surface area contributed by atoms with Gasteiger partial charge in [0, 0.05) is 5.39 Å². The fraction of sp³-hybridized carbons (Fsp3) is 0.542. The summed E-state index contributed by atoms with van der Waals surface area (Å²) in [6.07, 6.45) is 2.77. The lowest BCUT2D eigenvalue weighted by Gasteiger charge is -2.36. The van der Waals surface area contributed by atoms with Crippen LogP contribution in [0.1, 0.15) is 52.7 Å². The van der Waals surface area contributed by atoms with Crippen LogP contribution in [0.15, 0.2) is 34.7 Å². The Labute approximate surface area is 182 Å². The van der Waals surface area contributed by atoms with Gasteiger partial charge < -0.3 is 14.5 Å². The van der Waals surface area contributed by atoms with E-state index in [4.69, 9.17) is 9.15 Å². The molecule has 3 amide bonds. The number of nitrogens with zero attached hydrogens (tertiary/aromatic N) is 1. The third-order valence-electron chi connectivity index (χ3n) is 6.72. The zero-order valence-corrected chi connectivity index (χ0v) is 18.5. The first-order valence-electron chi connectivity index (χ1n) is 11.0. The van der Waals surface area contributed by atoms with E-state index in [-0.39, 0.29) is 6.10 Å². The van der Waals surface area contributed by atoms with Crippen LogP contribution in [0.3, 0.4) is 0 Å². The van der Waals surface area contributed by atoms with Gasteiger partial charge in [0.05, 0.1) is 0 Å². The third kappa shape index (κ3) is 3.93. The maximum atomic E-state index is 13.1. The second-order valence-corrected chi connectivity index (χ2v) is 9.45. The molecular formula is C24H30N2O5. The van der Waals surface area contributed by atoms with Gasteiger partial charge in [-0.15, -0.1) is 0 Å². The van der Waals surface area contributed by atoms with Crippen molar-refractivity contribution in [3.63, 3.8) is 0 Å². The van der Waals surface area contributed by atoms with Crippen molar-refractivity contribution in [2.75, 3.05) is 6.54 Å². The van der Waals surface area contributed by atoms with E-state index in [1.807, 2.05) is 18.2 Å². The highest BCUT2D eigenvalue weighted by atomic mass is 16.5. The van der Waals surface area contributed by atoms with Crippen molar-refractivity contribution in [2.45, 2.75) is 58.6 Å². The number of fused-ring (bicyclic) bond motifs is 1. The average molecular weight is 427 g/mol. The van der Waals surface area contributed by atoms with Gasteiger partial charge in [0.2, 0.25) is 0 Å². The van der Waals surface area contributed by atoms with Crippen molar-refractivity contribution in [2.24, 2.45) is 17.8 Å². The van der Waals surface area contributed by atoms with Crippen LogP contribution in [-0.2, 0) is 19.9 Å². The summed E-state index contributed by atoms with van der Waals surface area (Å²) in [5.41, 5.74) is -0.735. The van der Waals surface area contributed by atoms with Crippen molar-refractivity contribution in [1.82, 2.24) is 10.2 Å². The molecule has 0 spiro atoms. The summed E-state index contributed by atoms with van der Waals surface area (Å²) in [7, 11) is 0. The summed E-state index contributed by atoms with van der Waals surface area (Å²) in [5, 5.41) is 3.52. The second-order valence-electron chi connectivity index (χ2n) is 9.45. The number of imide groups is 1. The Kier molecular flexibility index (Phi) is 5.54. The molecular weight excluding hydrogens is 396 g/mol. The van der Waals surface area contributed by atoms with E-state index in [0.717, 1.165) is 29.5 Å². The minimum atomic E-state index is -1.36. The van der Waals surface area contributed by atoms with E-state index in [9.17, 15) is 14.4 Å². The predicted molar refractivity (Wildman–Crippen MR) is 115 cm³/mol. The van der Waals surface area contributed by atoms with Crippen LogP contribution in [0.5, 0.6) is 0 Å². The number of carbonyl (C=O) groups excluding carboxylic acids is 3. The van der Waals surface area contributed by atoms with Gasteiger partial charge >= 0.3 is 12.0 Å². The number of para-hydroxylation sites is 1. The number of furan rings is 1. The molecule has 1 aromatic carbocycles. The summed E-state index contributed by atoms with van der Waals surface area (Å²) >= 11 is 0. The summed E-state index contributed by atoms with van der Waals surface area (Å²) in [6.45, 7) is 7.62. The van der Waals surface area contributed by atoms with Crippen molar-refractivity contribution in [3.8, 4) is 0 Å². The molecule has 0 bridgehead atoms. The highest BCUT2D eigenvalue weighted by Crippen LogP contribution is 2.36. The predicted octanol–water partition coefficient (Wildman–Crippen LogP) is 4.20. The van der Waals surface area contributed by atoms with E-state index in [1.165, 1.54) is 0 Å². The van der Waals surface area contributed by atoms with Crippen molar-refractivity contribution in [3.05, 3.63) is 36.1 Å². The first-order chi connectivity index (χ1) is 14.7. The average Bonchev–Trinajstić information content (AvgIpc) is 3.24. The van der Waals surface area contributed by atoms with Gasteiger partial charge in [-0.05, 0) is 49.7 Å². The van der Waals surface area contributed by atoms with Crippen LogP contribution in [0.25, 0.3) is 11.0 Å². The molecule has 4 unspecified atom stereocenters. The van der Waals surface area contributed by atoms with E-state index in [0.29, 0.717) is 29.1 Å². The molecule has 31 heavy (non-hydrogen) atoms. The van der Waals surface area contributed by atoms with Crippen LogP contribution in [-0.4, -0.2) is 35.5 Å². The number of carbonyl (C=O) groups is 3. The number of urea groups is 1. The van der Waals surface area contributed by atoms with E-state index in [2.05, 4.69) is 26.1 Å². The number of esters is 1. The Balaban J connectivity index is 1.48. The van der Waals surface area contributed by atoms with Crippen LogP contribution in [0, 0.1) is 17.8 Å². The summed E-state index contributed by atoms with van der Waals surface area (Å²) in [5.74, 6) is 0.445. The molecule has 1 saturated carbocycles. The van der Waals surface area contributed by atoms with Gasteiger partial charge in [-0.1, -0.05) is 45.4 Å². The molecule has 4 rings (SSSR count). The molecule has 1 N–H and O–H groups in total. The minimum absolute atomic E-state index is 0.182. The normalized spacial score (nSPS) is 28.9. The Morgan fingerprint density at radius 3 is 2.74 bits per heavy atom. The lowest BCUT2D eigenvalue weighted by Crippen LogP contribution is -2.42. The number of nitrogens with one attached hydrogen (secondary N) is 1. The monoisotopic (exact) mass is 426 g/mol. The molecule has 1 aliphatic heterocycles. The third-order valence-corrected chi connectivity index (χ3v) is 6.72. The summed E-state index contributed by atoms with van der Waals surface area (Å²) in [6, 6.07) is 8.51. The Hall–Kier alpha value is -2.83. The first-order valence-corrected chi connectivity index (χ1v) is 11.0. The number of hydrogen-bond acceptors (Lipinski definition) is 5. The topological polar surface area (TPSA) is 88.8 Å². The molecule has 166 valence electrons. The first kappa shape index (κ1) is 21.4. The number of ether oxygens (including phenoxy) is 1. The lowest BCUT2D eigenvalue weighted by atomic mass is 9.75. The SMILES string of the molecule is CC1CCC(C(C)C)C(OC(=O)CN2C(=O)NC(C)(c3cc4ccccc4o3)C2=O)C1. The van der Waals surface area contributed by atoms with E-state index in [1.54, 1.807) is 19.1 Å². The number of hydrogen-bond donors (Lipinski definition) is 1. The molecule has 2 aliphatic rings. The largest absolute Gasteiger partial charge is 0.461 e. The highest BCUT2D eigenvalue weighted by Gasteiger charge is 2.52. The second kappa shape index (κ2) is 8.02. The van der Waals surface area contributed by atoms with Gasteiger partial charge in [0.15, 0.2) is 5.54 Å². The molecule has 0 radical (unpaired) electrons. The molecule has 2 aromatic rings. The minimum Gasteiger partial charge on any atom is -0.461 e. The molecule has 1 aliphatic carbocycles. The van der Waals surface area contributed by atoms with Crippen LogP contribution in [0.4, 0.5) is 4.79 Å². The summed E-state index contributed by atoms with van der Waals surface area (Å²) < 4.78 is 11.6. The standard InChI is InChI=1S/C24H30N2O5/c1-14(2)17-10-9-15(3)11-19(17)31-21(27)13-26-22(28)24(4,25-23(26)29)20-12-16-7-5-6-8-18(16)30-20/h5-8,12,14-15,17,19H,9-11,13H2,1-4H3,(H,25,29). The molecule has 1 saturated heterocycles. The molecule has 2 heterocycles. The van der Waals surface area contributed by atoms with Gasteiger partial charge in [-0.2, -0.15) is 0 Å². The Morgan fingerprint density at radius 1 is 1.29 bits per heavy atom. The van der Waals surface area contributed by atoms with Crippen LogP contribution < -0.4 is 5.32 Å². The maximum absolute atomic E-state index is 13.1. The molecule has 4 atom stereocenters. The van der Waals surface area contributed by atoms with E-state index < -0.39 is 30.0 Å². The molecule has 2 fully saturated rings. The maximum Gasteiger partial charge on any atom is 0.326 e. The smallest absolute Gasteiger partial charge is 0.326 e.